The summed E-state index contributed by atoms with van der Waals surface area (Å²) in [6, 6.07) is 35.6. The van der Waals surface area contributed by atoms with Crippen molar-refractivity contribution >= 4 is 17.7 Å². The number of hydrogen-bond acceptors (Lipinski definition) is 4. The molecule has 190 valence electrons. The number of esters is 1. The molecule has 1 saturated carbocycles. The predicted octanol–water partition coefficient (Wildman–Crippen LogP) is 5.58. The van der Waals surface area contributed by atoms with E-state index in [1.165, 1.54) is 7.11 Å². The molecule has 4 aromatic rings. The van der Waals surface area contributed by atoms with Crippen LogP contribution in [0, 0.1) is 5.92 Å². The van der Waals surface area contributed by atoms with Gasteiger partial charge in [0.1, 0.15) is 6.04 Å². The number of rotatable bonds is 9. The number of amides is 1. The molecule has 5 nitrogen and oxygen atoms in total. The van der Waals surface area contributed by atoms with E-state index in [1.807, 2.05) is 66.7 Å². The second-order valence-electron chi connectivity index (χ2n) is 9.58. The molecular formula is C33H29NO4. The molecule has 0 aromatic heterocycles. The van der Waals surface area contributed by atoms with E-state index >= 15 is 0 Å². The molecule has 0 heterocycles. The average Bonchev–Trinajstić information content (AvgIpc) is 3.73. The maximum Gasteiger partial charge on any atom is 0.328 e. The van der Waals surface area contributed by atoms with E-state index in [1.54, 1.807) is 24.3 Å². The highest BCUT2D eigenvalue weighted by Crippen LogP contribution is 2.61. The summed E-state index contributed by atoms with van der Waals surface area (Å²) in [6.45, 7) is 0. The second-order valence-corrected chi connectivity index (χ2v) is 9.58. The van der Waals surface area contributed by atoms with Gasteiger partial charge in [-0.2, -0.15) is 0 Å². The minimum Gasteiger partial charge on any atom is -0.467 e. The number of nitrogens with one attached hydrogen (secondary N) is 1. The van der Waals surface area contributed by atoms with Crippen LogP contribution in [0.2, 0.25) is 0 Å². The van der Waals surface area contributed by atoms with Crippen molar-refractivity contribution in [1.29, 1.82) is 0 Å². The van der Waals surface area contributed by atoms with Crippen LogP contribution in [0.4, 0.5) is 0 Å². The lowest BCUT2D eigenvalue weighted by Gasteiger charge is -2.17. The van der Waals surface area contributed by atoms with Gasteiger partial charge in [-0.1, -0.05) is 103 Å². The number of carbonyl (C=O) groups excluding carboxylic acids is 3. The highest BCUT2D eigenvalue weighted by molar-refractivity contribution is 6.03. The highest BCUT2D eigenvalue weighted by Gasteiger charge is 2.55. The Morgan fingerprint density at radius 3 is 1.66 bits per heavy atom. The van der Waals surface area contributed by atoms with Gasteiger partial charge in [0.25, 0.3) is 5.91 Å². The minimum atomic E-state index is -0.819. The molecule has 4 aromatic carbocycles. The second kappa shape index (κ2) is 11.3. The van der Waals surface area contributed by atoms with Gasteiger partial charge in [-0.25, -0.2) is 4.79 Å². The highest BCUT2D eigenvalue weighted by atomic mass is 16.5. The van der Waals surface area contributed by atoms with Crippen LogP contribution in [0.5, 0.6) is 0 Å². The molecule has 1 amide bonds. The molecule has 38 heavy (non-hydrogen) atoms. The van der Waals surface area contributed by atoms with E-state index in [0.29, 0.717) is 17.5 Å². The average molecular weight is 504 g/mol. The first kappa shape index (κ1) is 25.2. The van der Waals surface area contributed by atoms with Crippen LogP contribution in [0.25, 0.3) is 0 Å². The van der Waals surface area contributed by atoms with Gasteiger partial charge in [0, 0.05) is 35.3 Å². The van der Waals surface area contributed by atoms with Gasteiger partial charge in [0.05, 0.1) is 7.11 Å². The maximum atomic E-state index is 13.6. The predicted molar refractivity (Wildman–Crippen MR) is 146 cm³/mol. The van der Waals surface area contributed by atoms with Crippen molar-refractivity contribution in [3.05, 3.63) is 143 Å². The molecule has 1 fully saturated rings. The fourth-order valence-electron chi connectivity index (χ4n) is 5.22. The Bertz CT molecular complexity index is 1360. The number of methoxy groups -OCH3 is 1. The van der Waals surface area contributed by atoms with Crippen LogP contribution in [-0.4, -0.2) is 30.8 Å². The fourth-order valence-corrected chi connectivity index (χ4v) is 5.22. The van der Waals surface area contributed by atoms with Crippen LogP contribution in [0.1, 0.15) is 49.2 Å². The first-order chi connectivity index (χ1) is 18.6. The SMILES string of the molecule is COC(=O)[C@H](Cc1ccccc1)NC(=O)c1ccc(C(=O)C2[C@H](c3ccccc3)[C@H]2c2ccccc2)cc1. The quantitative estimate of drug-likeness (QED) is 0.239. The standard InChI is InChI=1S/C33H29NO4/c1-38-33(37)27(21-22-11-5-2-6-12-22)34-32(36)26-19-17-25(18-20-26)31(35)30-28(23-13-7-3-8-14-23)29(30)24-15-9-4-10-16-24/h2-20,27-30H,21H2,1H3,(H,34,36)/t27-,28+,29+/m0/s1. The van der Waals surface area contributed by atoms with Crippen LogP contribution >= 0.6 is 0 Å². The molecule has 5 rings (SSSR count). The third-order valence-electron chi connectivity index (χ3n) is 7.20. The zero-order chi connectivity index (χ0) is 26.5. The topological polar surface area (TPSA) is 72.5 Å². The monoisotopic (exact) mass is 503 g/mol. The summed E-state index contributed by atoms with van der Waals surface area (Å²) in [5.41, 5.74) is 4.17. The van der Waals surface area contributed by atoms with E-state index in [4.69, 9.17) is 4.74 Å². The van der Waals surface area contributed by atoms with Crippen molar-refractivity contribution in [2.75, 3.05) is 7.11 Å². The minimum absolute atomic E-state index is 0.0659. The first-order valence-corrected chi connectivity index (χ1v) is 12.7. The summed E-state index contributed by atoms with van der Waals surface area (Å²) >= 11 is 0. The largest absolute Gasteiger partial charge is 0.467 e. The molecule has 0 bridgehead atoms. The van der Waals surface area contributed by atoms with E-state index in [-0.39, 0.29) is 23.5 Å². The Hall–Kier alpha value is -4.51. The molecule has 1 N–H and O–H groups in total. The van der Waals surface area contributed by atoms with E-state index in [2.05, 4.69) is 29.6 Å². The van der Waals surface area contributed by atoms with Gasteiger partial charge in [-0.15, -0.1) is 0 Å². The normalized spacial score (nSPS) is 18.7. The van der Waals surface area contributed by atoms with Crippen molar-refractivity contribution in [2.24, 2.45) is 5.92 Å². The first-order valence-electron chi connectivity index (χ1n) is 12.7. The van der Waals surface area contributed by atoms with Gasteiger partial charge < -0.3 is 10.1 Å². The molecular weight excluding hydrogens is 474 g/mol. The van der Waals surface area contributed by atoms with Crippen molar-refractivity contribution < 1.29 is 19.1 Å². The fraction of sp³-hybridized carbons (Fsp3) is 0.182. The van der Waals surface area contributed by atoms with Crippen LogP contribution < -0.4 is 5.32 Å². The lowest BCUT2D eigenvalue weighted by atomic mass is 10.0. The molecule has 0 saturated heterocycles. The van der Waals surface area contributed by atoms with E-state index in [9.17, 15) is 14.4 Å². The summed E-state index contributed by atoms with van der Waals surface area (Å²) in [5, 5.41) is 2.77. The van der Waals surface area contributed by atoms with Crippen molar-refractivity contribution in [3.8, 4) is 0 Å². The number of hydrogen-bond donors (Lipinski definition) is 1. The summed E-state index contributed by atoms with van der Waals surface area (Å²) in [5.74, 6) is -0.765. The Kier molecular flexibility index (Phi) is 7.45. The van der Waals surface area contributed by atoms with Crippen molar-refractivity contribution in [2.45, 2.75) is 24.3 Å². The van der Waals surface area contributed by atoms with Crippen molar-refractivity contribution in [3.63, 3.8) is 0 Å². The summed E-state index contributed by atoms with van der Waals surface area (Å²) in [4.78, 5) is 38.9. The van der Waals surface area contributed by atoms with Gasteiger partial charge in [-0.05, 0) is 28.8 Å². The Morgan fingerprint density at radius 2 is 1.16 bits per heavy atom. The molecule has 5 heteroatoms. The Balaban J connectivity index is 1.31. The van der Waals surface area contributed by atoms with Gasteiger partial charge in [0.2, 0.25) is 0 Å². The summed E-state index contributed by atoms with van der Waals surface area (Å²) in [7, 11) is 1.30. The molecule has 0 aliphatic heterocycles. The molecule has 0 spiro atoms. The van der Waals surface area contributed by atoms with E-state index < -0.39 is 17.9 Å². The van der Waals surface area contributed by atoms with Gasteiger partial charge >= 0.3 is 5.97 Å². The molecule has 1 aliphatic carbocycles. The number of benzene rings is 4. The lowest BCUT2D eigenvalue weighted by Crippen LogP contribution is -2.43. The zero-order valence-electron chi connectivity index (χ0n) is 21.1. The molecule has 3 atom stereocenters. The molecule has 0 radical (unpaired) electrons. The lowest BCUT2D eigenvalue weighted by molar-refractivity contribution is -0.142. The van der Waals surface area contributed by atoms with Crippen molar-refractivity contribution in [1.82, 2.24) is 5.32 Å². The summed E-state index contributed by atoms with van der Waals surface area (Å²) < 4.78 is 4.90. The number of ketones is 1. The number of Topliss-reactive ketones (excluding diaryl/α,β-unsaturated/α-hetero) is 1. The smallest absolute Gasteiger partial charge is 0.328 e. The number of carbonyl (C=O) groups is 3. The maximum absolute atomic E-state index is 13.6. The van der Waals surface area contributed by atoms with Crippen LogP contribution in [0.3, 0.4) is 0 Å². The zero-order valence-corrected chi connectivity index (χ0v) is 21.1. The third-order valence-corrected chi connectivity index (χ3v) is 7.20. The third kappa shape index (κ3) is 5.42. The van der Waals surface area contributed by atoms with Gasteiger partial charge in [0.15, 0.2) is 5.78 Å². The Morgan fingerprint density at radius 1 is 0.684 bits per heavy atom. The summed E-state index contributed by atoms with van der Waals surface area (Å²) in [6.07, 6.45) is 0.319. The van der Waals surface area contributed by atoms with Crippen LogP contribution in [-0.2, 0) is 16.0 Å². The molecule has 1 aliphatic rings. The molecule has 0 unspecified atom stereocenters. The van der Waals surface area contributed by atoms with Crippen LogP contribution in [0.15, 0.2) is 115 Å². The number of ether oxygens (including phenoxy) is 1. The van der Waals surface area contributed by atoms with E-state index in [0.717, 1.165) is 16.7 Å². The van der Waals surface area contributed by atoms with Gasteiger partial charge in [-0.3, -0.25) is 9.59 Å². The Labute approximate surface area is 222 Å².